The summed E-state index contributed by atoms with van der Waals surface area (Å²) in [6.07, 6.45) is 0. The van der Waals surface area contributed by atoms with Crippen molar-refractivity contribution in [1.29, 1.82) is 0 Å². The summed E-state index contributed by atoms with van der Waals surface area (Å²) in [6, 6.07) is 8.80. The van der Waals surface area contributed by atoms with E-state index in [-0.39, 0.29) is 5.82 Å². The molecule has 1 aromatic heterocycles. The smallest absolute Gasteiger partial charge is 0.123 e. The number of nitrogens with zero attached hydrogens (tertiary/aromatic N) is 1. The van der Waals surface area contributed by atoms with Crippen molar-refractivity contribution in [3.8, 4) is 0 Å². The molecule has 0 aliphatic carbocycles. The van der Waals surface area contributed by atoms with Crippen molar-refractivity contribution in [3.63, 3.8) is 0 Å². The Morgan fingerprint density at radius 3 is 2.75 bits per heavy atom. The van der Waals surface area contributed by atoms with Gasteiger partial charge < -0.3 is 9.73 Å². The molecule has 2 aromatic rings. The van der Waals surface area contributed by atoms with Gasteiger partial charge in [-0.25, -0.2) is 4.39 Å². The van der Waals surface area contributed by atoms with Crippen LogP contribution in [0.15, 0.2) is 34.7 Å². The van der Waals surface area contributed by atoms with Gasteiger partial charge in [-0.1, -0.05) is 12.1 Å². The van der Waals surface area contributed by atoms with E-state index in [9.17, 15) is 4.39 Å². The lowest BCUT2D eigenvalue weighted by Gasteiger charge is -2.16. The predicted molar refractivity (Wildman–Crippen MR) is 77.8 cm³/mol. The second-order valence-electron chi connectivity index (χ2n) is 5.13. The van der Waals surface area contributed by atoms with Gasteiger partial charge in [-0.15, -0.1) is 0 Å². The second-order valence-corrected chi connectivity index (χ2v) is 5.13. The van der Waals surface area contributed by atoms with Crippen LogP contribution in [0.1, 0.15) is 22.6 Å². The fourth-order valence-corrected chi connectivity index (χ4v) is 2.30. The van der Waals surface area contributed by atoms with Crippen molar-refractivity contribution in [2.75, 3.05) is 14.1 Å². The summed E-state index contributed by atoms with van der Waals surface area (Å²) in [4.78, 5) is 2.15. The number of aryl methyl sites for hydroxylation is 1. The van der Waals surface area contributed by atoms with Gasteiger partial charge in [0.2, 0.25) is 0 Å². The molecule has 3 nitrogen and oxygen atoms in total. The molecule has 1 aromatic carbocycles. The Morgan fingerprint density at radius 2 is 2.05 bits per heavy atom. The van der Waals surface area contributed by atoms with Gasteiger partial charge in [0, 0.05) is 18.7 Å². The highest BCUT2D eigenvalue weighted by atomic mass is 19.1. The molecular formula is C16H21FN2O. The van der Waals surface area contributed by atoms with Crippen molar-refractivity contribution in [2.24, 2.45) is 0 Å². The monoisotopic (exact) mass is 276 g/mol. The molecule has 4 heteroatoms. The molecule has 20 heavy (non-hydrogen) atoms. The van der Waals surface area contributed by atoms with Gasteiger partial charge in [-0.3, -0.25) is 4.90 Å². The van der Waals surface area contributed by atoms with Crippen LogP contribution < -0.4 is 5.32 Å². The molecule has 0 unspecified atom stereocenters. The van der Waals surface area contributed by atoms with Gasteiger partial charge in [-0.2, -0.15) is 0 Å². The molecule has 108 valence electrons. The van der Waals surface area contributed by atoms with Gasteiger partial charge >= 0.3 is 0 Å². The molecule has 0 fully saturated rings. The maximum atomic E-state index is 13.2. The summed E-state index contributed by atoms with van der Waals surface area (Å²) in [5, 5.41) is 3.07. The minimum Gasteiger partial charge on any atom is -0.465 e. The minimum atomic E-state index is -0.188. The van der Waals surface area contributed by atoms with Crippen LogP contribution in [0.5, 0.6) is 0 Å². The van der Waals surface area contributed by atoms with Crippen LogP contribution >= 0.6 is 0 Å². The third-order valence-electron chi connectivity index (χ3n) is 3.20. The van der Waals surface area contributed by atoms with Crippen LogP contribution in [0.2, 0.25) is 0 Å². The number of rotatable bonds is 6. The van der Waals surface area contributed by atoms with E-state index in [0.717, 1.165) is 30.2 Å². The van der Waals surface area contributed by atoms with E-state index in [2.05, 4.69) is 16.3 Å². The SMILES string of the molecule is CNCc1cc(CN(C)Cc2cccc(F)c2)c(C)o1. The zero-order valence-corrected chi connectivity index (χ0v) is 12.2. The van der Waals surface area contributed by atoms with Gasteiger partial charge in [-0.05, 0) is 44.8 Å². The molecular weight excluding hydrogens is 255 g/mol. The molecule has 0 spiro atoms. The molecule has 0 saturated carbocycles. The molecule has 2 rings (SSSR count). The largest absolute Gasteiger partial charge is 0.465 e. The van der Waals surface area contributed by atoms with Crippen molar-refractivity contribution < 1.29 is 8.81 Å². The normalized spacial score (nSPS) is 11.2. The lowest BCUT2D eigenvalue weighted by atomic mass is 10.2. The maximum absolute atomic E-state index is 13.2. The fourth-order valence-electron chi connectivity index (χ4n) is 2.30. The highest BCUT2D eigenvalue weighted by molar-refractivity contribution is 5.21. The third-order valence-corrected chi connectivity index (χ3v) is 3.20. The Balaban J connectivity index is 1.99. The van der Waals surface area contributed by atoms with Crippen LogP contribution in [0, 0.1) is 12.7 Å². The Morgan fingerprint density at radius 1 is 1.25 bits per heavy atom. The van der Waals surface area contributed by atoms with E-state index in [4.69, 9.17) is 4.42 Å². The molecule has 0 amide bonds. The van der Waals surface area contributed by atoms with Crippen LogP contribution in [-0.4, -0.2) is 19.0 Å². The summed E-state index contributed by atoms with van der Waals surface area (Å²) in [5.74, 6) is 1.70. The van der Waals surface area contributed by atoms with E-state index >= 15 is 0 Å². The average molecular weight is 276 g/mol. The fraction of sp³-hybridized carbons (Fsp3) is 0.375. The highest BCUT2D eigenvalue weighted by Gasteiger charge is 2.10. The number of hydrogen-bond acceptors (Lipinski definition) is 3. The average Bonchev–Trinajstić information content (AvgIpc) is 2.70. The quantitative estimate of drug-likeness (QED) is 0.879. The number of furan rings is 1. The molecule has 0 atom stereocenters. The van der Waals surface area contributed by atoms with Crippen LogP contribution in [0.3, 0.4) is 0 Å². The first-order valence-corrected chi connectivity index (χ1v) is 6.74. The summed E-state index contributed by atoms with van der Waals surface area (Å²) in [5.41, 5.74) is 2.15. The number of hydrogen-bond donors (Lipinski definition) is 1. The van der Waals surface area contributed by atoms with E-state index < -0.39 is 0 Å². The van der Waals surface area contributed by atoms with Gasteiger partial charge in [0.1, 0.15) is 17.3 Å². The van der Waals surface area contributed by atoms with E-state index in [1.165, 1.54) is 11.6 Å². The number of benzene rings is 1. The minimum absolute atomic E-state index is 0.188. The van der Waals surface area contributed by atoms with Gasteiger partial charge in [0.05, 0.1) is 6.54 Å². The molecule has 0 radical (unpaired) electrons. The molecule has 0 aliphatic rings. The Labute approximate surface area is 119 Å². The van der Waals surface area contributed by atoms with Crippen molar-refractivity contribution >= 4 is 0 Å². The first-order chi connectivity index (χ1) is 9.58. The molecule has 0 saturated heterocycles. The Bertz CT molecular complexity index is 565. The van der Waals surface area contributed by atoms with E-state index in [0.29, 0.717) is 6.54 Å². The topological polar surface area (TPSA) is 28.4 Å². The van der Waals surface area contributed by atoms with Crippen molar-refractivity contribution in [3.05, 3.63) is 58.8 Å². The third kappa shape index (κ3) is 3.92. The van der Waals surface area contributed by atoms with Gasteiger partial charge in [0.15, 0.2) is 0 Å². The first-order valence-electron chi connectivity index (χ1n) is 6.74. The van der Waals surface area contributed by atoms with Crippen molar-refractivity contribution in [2.45, 2.75) is 26.6 Å². The first kappa shape index (κ1) is 14.8. The summed E-state index contributed by atoms with van der Waals surface area (Å²) in [7, 11) is 3.92. The molecule has 1 N–H and O–H groups in total. The van der Waals surface area contributed by atoms with E-state index in [1.807, 2.05) is 27.1 Å². The van der Waals surface area contributed by atoms with Crippen molar-refractivity contribution in [1.82, 2.24) is 10.2 Å². The molecule has 1 heterocycles. The standard InChI is InChI=1S/C16H21FN2O/c1-12-14(8-16(20-12)9-18-2)11-19(3)10-13-5-4-6-15(17)7-13/h4-8,18H,9-11H2,1-3H3. The van der Waals surface area contributed by atoms with Gasteiger partial charge in [0.25, 0.3) is 0 Å². The summed E-state index contributed by atoms with van der Waals surface area (Å²) in [6.45, 7) is 4.21. The number of nitrogens with one attached hydrogen (secondary N) is 1. The maximum Gasteiger partial charge on any atom is 0.123 e. The predicted octanol–water partition coefficient (Wildman–Crippen LogP) is 3.08. The van der Waals surface area contributed by atoms with Crippen LogP contribution in [-0.2, 0) is 19.6 Å². The summed E-state index contributed by atoms with van der Waals surface area (Å²) >= 11 is 0. The van der Waals surface area contributed by atoms with E-state index in [1.54, 1.807) is 12.1 Å². The zero-order chi connectivity index (χ0) is 14.5. The second kappa shape index (κ2) is 6.68. The lowest BCUT2D eigenvalue weighted by Crippen LogP contribution is -2.17. The zero-order valence-electron chi connectivity index (χ0n) is 12.2. The van der Waals surface area contributed by atoms with Crippen LogP contribution in [0.25, 0.3) is 0 Å². The molecule has 0 aliphatic heterocycles. The Kier molecular flexibility index (Phi) is 4.93. The summed E-state index contributed by atoms with van der Waals surface area (Å²) < 4.78 is 18.8. The number of halogens is 1. The Hall–Kier alpha value is -1.65. The highest BCUT2D eigenvalue weighted by Crippen LogP contribution is 2.17. The van der Waals surface area contributed by atoms with Crippen LogP contribution in [0.4, 0.5) is 4.39 Å². The lowest BCUT2D eigenvalue weighted by molar-refractivity contribution is 0.315. The molecule has 0 bridgehead atoms.